The third-order valence-corrected chi connectivity index (χ3v) is 5.20. The summed E-state index contributed by atoms with van der Waals surface area (Å²) in [6.45, 7) is 2.78. The van der Waals surface area contributed by atoms with E-state index in [-0.39, 0.29) is 11.2 Å². The lowest BCUT2D eigenvalue weighted by Crippen LogP contribution is -2.33. The molecule has 0 unspecified atom stereocenters. The number of amides is 1. The fourth-order valence-electron chi connectivity index (χ4n) is 2.75. The van der Waals surface area contributed by atoms with Crippen molar-refractivity contribution in [2.75, 3.05) is 13.7 Å². The lowest BCUT2D eigenvalue weighted by Gasteiger charge is -2.15. The highest BCUT2D eigenvalue weighted by Crippen LogP contribution is 2.32. The zero-order valence-corrected chi connectivity index (χ0v) is 15.3. The van der Waals surface area contributed by atoms with E-state index >= 15 is 0 Å². The number of rotatable bonds is 6. The van der Waals surface area contributed by atoms with Crippen LogP contribution in [0.25, 0.3) is 0 Å². The normalized spacial score (nSPS) is 18.8. The Morgan fingerprint density at radius 1 is 1.12 bits per heavy atom. The highest BCUT2D eigenvalue weighted by molar-refractivity contribution is 8.15. The monoisotopic (exact) mass is 354 g/mol. The average molecular weight is 354 g/mol. The van der Waals surface area contributed by atoms with Crippen LogP contribution >= 0.6 is 11.8 Å². The minimum atomic E-state index is -0.106. The summed E-state index contributed by atoms with van der Waals surface area (Å²) in [6, 6.07) is 17.7. The van der Waals surface area contributed by atoms with Crippen LogP contribution in [-0.4, -0.2) is 34.9 Å². The minimum Gasteiger partial charge on any atom is -0.497 e. The van der Waals surface area contributed by atoms with Crippen molar-refractivity contribution in [1.82, 2.24) is 4.90 Å². The first kappa shape index (κ1) is 17.5. The standard InChI is InChI=1S/C20H22N2O2S/c1-3-13-22-19(23)18(14-15-7-5-4-6-8-15)25-20(22)21-16-9-11-17(24-2)12-10-16/h4-12,18H,3,13-14H2,1-2H3/t18-/m1/s1. The van der Waals surface area contributed by atoms with E-state index in [1.807, 2.05) is 47.4 Å². The molecule has 0 radical (unpaired) electrons. The Morgan fingerprint density at radius 2 is 1.84 bits per heavy atom. The Balaban J connectivity index is 1.81. The quantitative estimate of drug-likeness (QED) is 0.777. The molecule has 1 atom stereocenters. The third-order valence-electron chi connectivity index (χ3n) is 4.03. The number of amidine groups is 1. The van der Waals surface area contributed by atoms with E-state index in [0.29, 0.717) is 6.54 Å². The summed E-state index contributed by atoms with van der Waals surface area (Å²) in [6.07, 6.45) is 1.64. The lowest BCUT2D eigenvalue weighted by atomic mass is 10.1. The molecule has 1 amide bonds. The van der Waals surface area contributed by atoms with Gasteiger partial charge in [0.1, 0.15) is 5.75 Å². The van der Waals surface area contributed by atoms with Gasteiger partial charge in [-0.3, -0.25) is 9.69 Å². The molecular formula is C20H22N2O2S. The van der Waals surface area contributed by atoms with Gasteiger partial charge in [0, 0.05) is 6.54 Å². The highest BCUT2D eigenvalue weighted by Gasteiger charge is 2.37. The summed E-state index contributed by atoms with van der Waals surface area (Å²) in [7, 11) is 1.64. The molecule has 4 nitrogen and oxygen atoms in total. The third kappa shape index (κ3) is 4.23. The molecule has 1 aliphatic heterocycles. The predicted octanol–water partition coefficient (Wildman–Crippen LogP) is 4.28. The summed E-state index contributed by atoms with van der Waals surface area (Å²) in [5.74, 6) is 0.953. The maximum absolute atomic E-state index is 12.8. The number of carbonyl (C=O) groups excluding carboxylic acids is 1. The lowest BCUT2D eigenvalue weighted by molar-refractivity contribution is -0.126. The van der Waals surface area contributed by atoms with E-state index in [4.69, 9.17) is 9.73 Å². The molecule has 1 fully saturated rings. The van der Waals surface area contributed by atoms with E-state index in [0.717, 1.165) is 29.4 Å². The van der Waals surface area contributed by atoms with Gasteiger partial charge in [-0.15, -0.1) is 0 Å². The van der Waals surface area contributed by atoms with Gasteiger partial charge in [-0.05, 0) is 42.7 Å². The van der Waals surface area contributed by atoms with E-state index in [2.05, 4.69) is 19.1 Å². The predicted molar refractivity (Wildman–Crippen MR) is 104 cm³/mol. The molecule has 0 N–H and O–H groups in total. The zero-order valence-electron chi connectivity index (χ0n) is 14.5. The van der Waals surface area contributed by atoms with Gasteiger partial charge >= 0.3 is 0 Å². The van der Waals surface area contributed by atoms with Gasteiger partial charge in [-0.1, -0.05) is 49.0 Å². The van der Waals surface area contributed by atoms with E-state index in [1.165, 1.54) is 5.56 Å². The van der Waals surface area contributed by atoms with Crippen LogP contribution < -0.4 is 4.74 Å². The van der Waals surface area contributed by atoms with Crippen LogP contribution in [0.3, 0.4) is 0 Å². The van der Waals surface area contributed by atoms with Crippen molar-refractivity contribution in [1.29, 1.82) is 0 Å². The smallest absolute Gasteiger partial charge is 0.242 e. The van der Waals surface area contributed by atoms with Crippen LogP contribution in [0, 0.1) is 0 Å². The van der Waals surface area contributed by atoms with Crippen LogP contribution in [-0.2, 0) is 11.2 Å². The zero-order chi connectivity index (χ0) is 17.6. The molecule has 0 aromatic heterocycles. The first-order valence-corrected chi connectivity index (χ1v) is 9.34. The number of carbonyl (C=O) groups is 1. The number of methoxy groups -OCH3 is 1. The fourth-order valence-corrected chi connectivity index (χ4v) is 3.97. The van der Waals surface area contributed by atoms with Crippen LogP contribution in [0.15, 0.2) is 59.6 Å². The van der Waals surface area contributed by atoms with Gasteiger partial charge in [-0.2, -0.15) is 0 Å². The van der Waals surface area contributed by atoms with Gasteiger partial charge < -0.3 is 4.74 Å². The number of nitrogens with zero attached hydrogens (tertiary/aromatic N) is 2. The molecule has 5 heteroatoms. The average Bonchev–Trinajstić information content (AvgIpc) is 2.92. The van der Waals surface area contributed by atoms with Crippen LogP contribution in [0.4, 0.5) is 5.69 Å². The number of thioether (sulfide) groups is 1. The molecule has 2 aromatic rings. The second-order valence-corrected chi connectivity index (χ2v) is 7.05. The molecule has 130 valence electrons. The van der Waals surface area contributed by atoms with Crippen molar-refractivity contribution in [2.24, 2.45) is 4.99 Å². The highest BCUT2D eigenvalue weighted by atomic mass is 32.2. The molecule has 1 saturated heterocycles. The van der Waals surface area contributed by atoms with Crippen molar-refractivity contribution in [3.05, 3.63) is 60.2 Å². The largest absolute Gasteiger partial charge is 0.497 e. The van der Waals surface area contributed by atoms with Gasteiger partial charge in [0.2, 0.25) is 5.91 Å². The van der Waals surface area contributed by atoms with Crippen molar-refractivity contribution in [2.45, 2.75) is 25.0 Å². The van der Waals surface area contributed by atoms with Gasteiger partial charge in [0.25, 0.3) is 0 Å². The van der Waals surface area contributed by atoms with Gasteiger partial charge in [-0.25, -0.2) is 4.99 Å². The molecule has 0 bridgehead atoms. The topological polar surface area (TPSA) is 41.9 Å². The van der Waals surface area contributed by atoms with Crippen molar-refractivity contribution < 1.29 is 9.53 Å². The minimum absolute atomic E-state index is 0.106. The van der Waals surface area contributed by atoms with E-state index < -0.39 is 0 Å². The number of benzene rings is 2. The Morgan fingerprint density at radius 3 is 2.48 bits per heavy atom. The number of hydrogen-bond acceptors (Lipinski definition) is 4. The number of aliphatic imine (C=N–C) groups is 1. The Labute approximate surface area is 152 Å². The molecule has 3 rings (SSSR count). The summed E-state index contributed by atoms with van der Waals surface area (Å²) >= 11 is 1.56. The maximum atomic E-state index is 12.8. The van der Waals surface area contributed by atoms with Gasteiger partial charge in [0.15, 0.2) is 5.17 Å². The SMILES string of the molecule is CCCN1C(=O)[C@@H](Cc2ccccc2)SC1=Nc1ccc(OC)cc1. The first-order valence-electron chi connectivity index (χ1n) is 8.46. The second-order valence-electron chi connectivity index (χ2n) is 5.88. The molecular weight excluding hydrogens is 332 g/mol. The first-order chi connectivity index (χ1) is 12.2. The molecule has 0 aliphatic carbocycles. The van der Waals surface area contributed by atoms with Crippen molar-refractivity contribution >= 4 is 28.5 Å². The van der Waals surface area contributed by atoms with Crippen molar-refractivity contribution in [3.8, 4) is 5.75 Å². The Bertz CT molecular complexity index is 744. The van der Waals surface area contributed by atoms with Crippen LogP contribution in [0.1, 0.15) is 18.9 Å². The molecule has 25 heavy (non-hydrogen) atoms. The van der Waals surface area contributed by atoms with Crippen LogP contribution in [0.2, 0.25) is 0 Å². The molecule has 2 aromatic carbocycles. The summed E-state index contributed by atoms with van der Waals surface area (Å²) in [4.78, 5) is 19.3. The Hall–Kier alpha value is -2.27. The molecule has 0 saturated carbocycles. The van der Waals surface area contributed by atoms with E-state index in [9.17, 15) is 4.79 Å². The summed E-state index contributed by atoms with van der Waals surface area (Å²) in [5.41, 5.74) is 2.01. The summed E-state index contributed by atoms with van der Waals surface area (Å²) < 4.78 is 5.18. The van der Waals surface area contributed by atoms with E-state index in [1.54, 1.807) is 18.9 Å². The van der Waals surface area contributed by atoms with Crippen molar-refractivity contribution in [3.63, 3.8) is 0 Å². The van der Waals surface area contributed by atoms with Crippen LogP contribution in [0.5, 0.6) is 5.75 Å². The Kier molecular flexibility index (Phi) is 5.76. The molecule has 1 aliphatic rings. The molecule has 1 heterocycles. The fraction of sp³-hybridized carbons (Fsp3) is 0.300. The second kappa shape index (κ2) is 8.21. The summed E-state index contributed by atoms with van der Waals surface area (Å²) in [5, 5.41) is 0.684. The maximum Gasteiger partial charge on any atom is 0.242 e. The van der Waals surface area contributed by atoms with Gasteiger partial charge in [0.05, 0.1) is 18.0 Å². The molecule has 0 spiro atoms. The number of ether oxygens (including phenoxy) is 1. The number of hydrogen-bond donors (Lipinski definition) is 0.